The minimum Gasteiger partial charge on any atom is -0.475 e. The third kappa shape index (κ3) is 2.30. The van der Waals surface area contributed by atoms with Crippen molar-refractivity contribution in [3.8, 4) is 11.3 Å². The van der Waals surface area contributed by atoms with E-state index in [1.807, 2.05) is 6.92 Å². The van der Waals surface area contributed by atoms with E-state index in [-0.39, 0.29) is 5.76 Å². The molecule has 0 aliphatic carbocycles. The Morgan fingerprint density at radius 3 is 2.53 bits per heavy atom. The maximum atomic E-state index is 10.7. The quantitative estimate of drug-likeness (QED) is 0.887. The monoisotopic (exact) mass is 270 g/mol. The number of rotatable bonds is 2. The first kappa shape index (κ1) is 12.0. The summed E-state index contributed by atoms with van der Waals surface area (Å²) >= 11 is 12.0. The summed E-state index contributed by atoms with van der Waals surface area (Å²) in [6.07, 6.45) is 0. The molecule has 0 aliphatic heterocycles. The zero-order valence-corrected chi connectivity index (χ0v) is 10.3. The van der Waals surface area contributed by atoms with Crippen molar-refractivity contribution in [3.05, 3.63) is 45.6 Å². The molecule has 1 N–H and O–H groups in total. The normalized spacial score (nSPS) is 10.5. The molecule has 0 saturated carbocycles. The van der Waals surface area contributed by atoms with Crippen molar-refractivity contribution in [2.75, 3.05) is 0 Å². The Labute approximate surface area is 108 Å². The molecule has 3 nitrogen and oxygen atoms in total. The number of benzene rings is 1. The summed E-state index contributed by atoms with van der Waals surface area (Å²) in [5.74, 6) is -0.868. The van der Waals surface area contributed by atoms with Gasteiger partial charge in [0.25, 0.3) is 0 Å². The van der Waals surface area contributed by atoms with Crippen LogP contribution >= 0.6 is 23.2 Å². The summed E-state index contributed by atoms with van der Waals surface area (Å²) in [6.45, 7) is 1.84. The highest BCUT2D eigenvalue weighted by Crippen LogP contribution is 2.33. The number of aryl methyl sites for hydroxylation is 1. The molecule has 1 aromatic heterocycles. The number of hydrogen-bond acceptors (Lipinski definition) is 2. The molecule has 2 aromatic rings. The lowest BCUT2D eigenvalue weighted by molar-refractivity contribution is 0.0663. The van der Waals surface area contributed by atoms with Crippen LogP contribution in [0.3, 0.4) is 0 Å². The van der Waals surface area contributed by atoms with Gasteiger partial charge in [-0.25, -0.2) is 4.79 Å². The van der Waals surface area contributed by atoms with Crippen molar-refractivity contribution in [3.63, 3.8) is 0 Å². The first-order valence-corrected chi connectivity index (χ1v) is 5.54. The average molecular weight is 271 g/mol. The topological polar surface area (TPSA) is 50.4 Å². The van der Waals surface area contributed by atoms with Crippen LogP contribution in [0.15, 0.2) is 28.7 Å². The lowest BCUT2D eigenvalue weighted by atomic mass is 10.1. The Morgan fingerprint density at radius 1 is 1.24 bits per heavy atom. The highest BCUT2D eigenvalue weighted by atomic mass is 35.5. The number of furan rings is 1. The first-order valence-electron chi connectivity index (χ1n) is 4.78. The van der Waals surface area contributed by atoms with Gasteiger partial charge in [-0.15, -0.1) is 0 Å². The summed E-state index contributed by atoms with van der Waals surface area (Å²) in [5.41, 5.74) is 1.43. The molecule has 0 atom stereocenters. The lowest BCUT2D eigenvalue weighted by Gasteiger charge is -2.04. The van der Waals surface area contributed by atoms with Crippen LogP contribution in [0.5, 0.6) is 0 Å². The van der Waals surface area contributed by atoms with Crippen LogP contribution in [0, 0.1) is 6.92 Å². The van der Waals surface area contributed by atoms with E-state index in [9.17, 15) is 4.79 Å². The van der Waals surface area contributed by atoms with Crippen molar-refractivity contribution in [1.29, 1.82) is 0 Å². The van der Waals surface area contributed by atoms with E-state index in [0.29, 0.717) is 21.4 Å². The average Bonchev–Trinajstić information content (AvgIpc) is 2.72. The van der Waals surface area contributed by atoms with E-state index in [2.05, 4.69) is 0 Å². The van der Waals surface area contributed by atoms with E-state index in [1.165, 1.54) is 6.07 Å². The lowest BCUT2D eigenvalue weighted by Crippen LogP contribution is -1.91. The Bertz CT molecular complexity index is 587. The number of carboxylic acids is 1. The van der Waals surface area contributed by atoms with Crippen LogP contribution in [0.25, 0.3) is 11.3 Å². The minimum absolute atomic E-state index is 0.132. The van der Waals surface area contributed by atoms with E-state index < -0.39 is 5.97 Å². The maximum absolute atomic E-state index is 10.7. The fourth-order valence-corrected chi connectivity index (χ4v) is 1.91. The second-order valence-electron chi connectivity index (χ2n) is 3.55. The van der Waals surface area contributed by atoms with E-state index in [0.717, 1.165) is 5.56 Å². The van der Waals surface area contributed by atoms with Gasteiger partial charge in [-0.1, -0.05) is 23.2 Å². The van der Waals surface area contributed by atoms with Gasteiger partial charge in [0.2, 0.25) is 5.76 Å². The second kappa shape index (κ2) is 4.43. The van der Waals surface area contributed by atoms with Crippen molar-refractivity contribution < 1.29 is 14.3 Å². The molecule has 2 rings (SSSR count). The predicted octanol–water partition coefficient (Wildman–Crippen LogP) is 4.26. The molecule has 0 unspecified atom stereocenters. The predicted molar refractivity (Wildman–Crippen MR) is 65.9 cm³/mol. The number of halogens is 2. The van der Waals surface area contributed by atoms with Crippen molar-refractivity contribution in [1.82, 2.24) is 0 Å². The van der Waals surface area contributed by atoms with Crippen LogP contribution in [-0.2, 0) is 0 Å². The minimum atomic E-state index is -1.12. The molecular formula is C12H8Cl2O3. The van der Waals surface area contributed by atoms with Crippen molar-refractivity contribution in [2.24, 2.45) is 0 Å². The summed E-state index contributed by atoms with van der Waals surface area (Å²) in [7, 11) is 0. The Kier molecular flexibility index (Phi) is 3.13. The Balaban J connectivity index is 2.52. The van der Waals surface area contributed by atoms with Crippen LogP contribution < -0.4 is 0 Å². The number of aromatic carboxylic acids is 1. The molecule has 0 amide bonds. The largest absolute Gasteiger partial charge is 0.475 e. The van der Waals surface area contributed by atoms with E-state index in [1.54, 1.807) is 18.2 Å². The van der Waals surface area contributed by atoms with Gasteiger partial charge in [0.05, 0.1) is 5.02 Å². The Morgan fingerprint density at radius 2 is 1.94 bits per heavy atom. The van der Waals surface area contributed by atoms with Crippen LogP contribution in [0.2, 0.25) is 10.0 Å². The van der Waals surface area contributed by atoms with Gasteiger partial charge >= 0.3 is 5.97 Å². The van der Waals surface area contributed by atoms with E-state index in [4.69, 9.17) is 32.7 Å². The van der Waals surface area contributed by atoms with Gasteiger partial charge in [0.15, 0.2) is 0 Å². The molecule has 0 fully saturated rings. The SMILES string of the molecule is Cc1cc(Cl)c(-c2ccc(C(=O)O)o2)cc1Cl. The van der Waals surface area contributed by atoms with Gasteiger partial charge in [-0.3, -0.25) is 0 Å². The summed E-state index contributed by atoms with van der Waals surface area (Å²) in [4.78, 5) is 10.7. The van der Waals surface area contributed by atoms with Gasteiger partial charge in [0.1, 0.15) is 5.76 Å². The van der Waals surface area contributed by atoms with Gasteiger partial charge < -0.3 is 9.52 Å². The molecule has 88 valence electrons. The van der Waals surface area contributed by atoms with Crippen molar-refractivity contribution in [2.45, 2.75) is 6.92 Å². The number of carboxylic acid groups (broad SMARTS) is 1. The van der Waals surface area contributed by atoms with Crippen LogP contribution in [-0.4, -0.2) is 11.1 Å². The summed E-state index contributed by atoms with van der Waals surface area (Å²) < 4.78 is 5.16. The molecule has 1 heterocycles. The molecule has 5 heteroatoms. The smallest absolute Gasteiger partial charge is 0.371 e. The molecule has 0 aliphatic rings. The zero-order chi connectivity index (χ0) is 12.6. The molecule has 0 radical (unpaired) electrons. The molecular weight excluding hydrogens is 263 g/mol. The molecule has 17 heavy (non-hydrogen) atoms. The van der Waals surface area contributed by atoms with Crippen molar-refractivity contribution >= 4 is 29.2 Å². The summed E-state index contributed by atoms with van der Waals surface area (Å²) in [6, 6.07) is 6.30. The summed E-state index contributed by atoms with van der Waals surface area (Å²) in [5, 5.41) is 9.78. The Hall–Kier alpha value is -1.45. The zero-order valence-electron chi connectivity index (χ0n) is 8.83. The fourth-order valence-electron chi connectivity index (χ4n) is 1.43. The molecule has 0 bridgehead atoms. The second-order valence-corrected chi connectivity index (χ2v) is 4.36. The molecule has 0 spiro atoms. The standard InChI is InChI=1S/C12H8Cl2O3/c1-6-4-9(14)7(5-8(6)13)10-2-3-11(17-10)12(15)16/h2-5H,1H3,(H,15,16). The molecule has 1 aromatic carbocycles. The van der Waals surface area contributed by atoms with Gasteiger partial charge in [-0.2, -0.15) is 0 Å². The molecule has 0 saturated heterocycles. The number of hydrogen-bond donors (Lipinski definition) is 1. The highest BCUT2D eigenvalue weighted by molar-refractivity contribution is 6.35. The van der Waals surface area contributed by atoms with E-state index >= 15 is 0 Å². The fraction of sp³-hybridized carbons (Fsp3) is 0.0833. The van der Waals surface area contributed by atoms with Crippen LogP contribution in [0.1, 0.15) is 16.1 Å². The van der Waals surface area contributed by atoms with Gasteiger partial charge in [0, 0.05) is 10.6 Å². The highest BCUT2D eigenvalue weighted by Gasteiger charge is 2.13. The maximum Gasteiger partial charge on any atom is 0.371 e. The first-order chi connectivity index (χ1) is 7.99. The van der Waals surface area contributed by atoms with Gasteiger partial charge in [-0.05, 0) is 36.8 Å². The van der Waals surface area contributed by atoms with Crippen LogP contribution in [0.4, 0.5) is 0 Å². The third-order valence-electron chi connectivity index (χ3n) is 2.33. The number of carbonyl (C=O) groups is 1. The third-order valence-corrected chi connectivity index (χ3v) is 3.05.